The number of hydrogen-bond donors (Lipinski definition) is 1. The molecule has 1 aliphatic rings. The molecule has 0 aromatic heterocycles. The molecule has 1 aliphatic carbocycles. The molecule has 0 fully saturated rings. The van der Waals surface area contributed by atoms with E-state index >= 15 is 0 Å². The molecule has 0 aliphatic heterocycles. The molecule has 3 heteroatoms. The summed E-state index contributed by atoms with van der Waals surface area (Å²) in [6.07, 6.45) is 3.50. The lowest BCUT2D eigenvalue weighted by atomic mass is 10.1. The van der Waals surface area contributed by atoms with Gasteiger partial charge in [-0.2, -0.15) is 0 Å². The van der Waals surface area contributed by atoms with Crippen molar-refractivity contribution in [2.75, 3.05) is 12.4 Å². The summed E-state index contributed by atoms with van der Waals surface area (Å²) in [6, 6.07) is 6.15. The van der Waals surface area contributed by atoms with Crippen LogP contribution in [0.3, 0.4) is 0 Å². The number of aryl methyl sites for hydroxylation is 2. The van der Waals surface area contributed by atoms with Gasteiger partial charge in [0, 0.05) is 12.8 Å². The van der Waals surface area contributed by atoms with Crippen molar-refractivity contribution in [3.63, 3.8) is 0 Å². The Morgan fingerprint density at radius 2 is 2.00 bits per heavy atom. The highest BCUT2D eigenvalue weighted by Crippen LogP contribution is 2.25. The predicted octanol–water partition coefficient (Wildman–Crippen LogP) is 2.54. The van der Waals surface area contributed by atoms with Crippen molar-refractivity contribution >= 4 is 11.6 Å². The minimum Gasteiger partial charge on any atom is -0.369 e. The number of nitrogens with one attached hydrogen (secondary N) is 1. The first-order valence-electron chi connectivity index (χ1n) is 6.01. The zero-order valence-electron chi connectivity index (χ0n) is 10.7. The largest absolute Gasteiger partial charge is 0.369 e. The molecule has 92 valence electrons. The van der Waals surface area contributed by atoms with Crippen LogP contribution in [0.5, 0.6) is 0 Å². The lowest BCUT2D eigenvalue weighted by molar-refractivity contribution is -0.133. The van der Waals surface area contributed by atoms with E-state index < -0.39 is 5.60 Å². The number of rotatable bonds is 3. The zero-order valence-corrected chi connectivity index (χ0v) is 10.7. The van der Waals surface area contributed by atoms with E-state index in [-0.39, 0.29) is 5.91 Å². The molecule has 0 atom stereocenters. The van der Waals surface area contributed by atoms with E-state index in [4.69, 9.17) is 4.74 Å². The van der Waals surface area contributed by atoms with Crippen molar-refractivity contribution in [1.29, 1.82) is 0 Å². The Morgan fingerprint density at radius 3 is 2.71 bits per heavy atom. The third-order valence-corrected chi connectivity index (χ3v) is 3.41. The quantitative estimate of drug-likeness (QED) is 0.871. The molecule has 1 amide bonds. The molecule has 3 nitrogen and oxygen atoms in total. The molecule has 0 radical (unpaired) electrons. The van der Waals surface area contributed by atoms with Crippen LogP contribution in [-0.4, -0.2) is 18.6 Å². The summed E-state index contributed by atoms with van der Waals surface area (Å²) in [5.74, 6) is -0.113. The second-order valence-corrected chi connectivity index (χ2v) is 5.01. The third kappa shape index (κ3) is 2.50. The van der Waals surface area contributed by atoms with Gasteiger partial charge in [0.1, 0.15) is 5.60 Å². The molecule has 0 spiro atoms. The van der Waals surface area contributed by atoms with Gasteiger partial charge in [-0.05, 0) is 56.4 Å². The van der Waals surface area contributed by atoms with Gasteiger partial charge in [-0.15, -0.1) is 0 Å². The number of anilines is 1. The number of fused-ring (bicyclic) bond motifs is 1. The zero-order chi connectivity index (χ0) is 12.5. The molecule has 0 saturated carbocycles. The Labute approximate surface area is 102 Å². The van der Waals surface area contributed by atoms with Crippen molar-refractivity contribution in [2.24, 2.45) is 0 Å². The number of hydrogen-bond acceptors (Lipinski definition) is 2. The Bertz CT molecular complexity index is 438. The van der Waals surface area contributed by atoms with Crippen molar-refractivity contribution < 1.29 is 9.53 Å². The van der Waals surface area contributed by atoms with Gasteiger partial charge in [0.05, 0.1) is 0 Å². The summed E-state index contributed by atoms with van der Waals surface area (Å²) < 4.78 is 5.15. The van der Waals surface area contributed by atoms with E-state index in [1.54, 1.807) is 21.0 Å². The first kappa shape index (κ1) is 12.1. The lowest BCUT2D eigenvalue weighted by Gasteiger charge is -2.21. The number of benzene rings is 1. The number of carbonyl (C=O) groups is 1. The van der Waals surface area contributed by atoms with E-state index in [1.807, 2.05) is 6.07 Å². The molecule has 0 saturated heterocycles. The minimum absolute atomic E-state index is 0.113. The van der Waals surface area contributed by atoms with Crippen molar-refractivity contribution in [2.45, 2.75) is 38.7 Å². The molecule has 1 N–H and O–H groups in total. The smallest absolute Gasteiger partial charge is 0.256 e. The first-order valence-corrected chi connectivity index (χ1v) is 6.01. The van der Waals surface area contributed by atoms with Gasteiger partial charge in [0.15, 0.2) is 0 Å². The summed E-state index contributed by atoms with van der Waals surface area (Å²) in [6.45, 7) is 3.52. The van der Waals surface area contributed by atoms with E-state index in [0.29, 0.717) is 0 Å². The second-order valence-electron chi connectivity index (χ2n) is 5.01. The Kier molecular flexibility index (Phi) is 3.20. The van der Waals surface area contributed by atoms with E-state index in [9.17, 15) is 4.79 Å². The predicted molar refractivity (Wildman–Crippen MR) is 68.2 cm³/mol. The van der Waals surface area contributed by atoms with Crippen LogP contribution in [0, 0.1) is 0 Å². The number of ether oxygens (including phenoxy) is 1. The molecule has 0 heterocycles. The van der Waals surface area contributed by atoms with Crippen LogP contribution < -0.4 is 5.32 Å². The normalized spacial score (nSPS) is 14.5. The van der Waals surface area contributed by atoms with Gasteiger partial charge >= 0.3 is 0 Å². The Balaban J connectivity index is 2.12. The van der Waals surface area contributed by atoms with Crippen LogP contribution >= 0.6 is 0 Å². The van der Waals surface area contributed by atoms with E-state index in [0.717, 1.165) is 18.5 Å². The summed E-state index contributed by atoms with van der Waals surface area (Å²) in [4.78, 5) is 11.9. The highest BCUT2D eigenvalue weighted by Gasteiger charge is 2.27. The molecule has 1 aromatic rings. The van der Waals surface area contributed by atoms with Crippen LogP contribution in [0.4, 0.5) is 5.69 Å². The van der Waals surface area contributed by atoms with Crippen LogP contribution in [0.1, 0.15) is 31.4 Å². The van der Waals surface area contributed by atoms with Crippen molar-refractivity contribution in [3.05, 3.63) is 29.3 Å². The van der Waals surface area contributed by atoms with Crippen LogP contribution in [0.15, 0.2) is 18.2 Å². The summed E-state index contributed by atoms with van der Waals surface area (Å²) in [5.41, 5.74) is 2.84. The molecule has 0 bridgehead atoms. The summed E-state index contributed by atoms with van der Waals surface area (Å²) in [7, 11) is 1.54. The van der Waals surface area contributed by atoms with Gasteiger partial charge in [-0.1, -0.05) is 6.07 Å². The van der Waals surface area contributed by atoms with Crippen LogP contribution in [0.25, 0.3) is 0 Å². The van der Waals surface area contributed by atoms with Gasteiger partial charge in [-0.3, -0.25) is 4.79 Å². The van der Waals surface area contributed by atoms with E-state index in [1.165, 1.54) is 17.5 Å². The maximum Gasteiger partial charge on any atom is 0.256 e. The fourth-order valence-corrected chi connectivity index (χ4v) is 2.02. The van der Waals surface area contributed by atoms with Gasteiger partial charge in [0.2, 0.25) is 0 Å². The summed E-state index contributed by atoms with van der Waals surface area (Å²) >= 11 is 0. The average molecular weight is 233 g/mol. The maximum atomic E-state index is 11.9. The highest BCUT2D eigenvalue weighted by molar-refractivity contribution is 5.96. The van der Waals surface area contributed by atoms with E-state index in [2.05, 4.69) is 17.4 Å². The number of carbonyl (C=O) groups excluding carboxylic acids is 1. The average Bonchev–Trinajstić information content (AvgIpc) is 2.76. The van der Waals surface area contributed by atoms with Gasteiger partial charge in [0.25, 0.3) is 5.91 Å². The SMILES string of the molecule is COC(C)(C)C(=O)Nc1ccc2c(c1)CCC2. The monoisotopic (exact) mass is 233 g/mol. The van der Waals surface area contributed by atoms with Crippen LogP contribution in [0.2, 0.25) is 0 Å². The van der Waals surface area contributed by atoms with Crippen molar-refractivity contribution in [1.82, 2.24) is 0 Å². The fraction of sp³-hybridized carbons (Fsp3) is 0.500. The standard InChI is InChI=1S/C14H19NO2/c1-14(2,17-3)13(16)15-12-8-7-10-5-4-6-11(10)9-12/h7-9H,4-6H2,1-3H3,(H,15,16). The topological polar surface area (TPSA) is 38.3 Å². The molecule has 2 rings (SSSR count). The van der Waals surface area contributed by atoms with Gasteiger partial charge in [-0.25, -0.2) is 0 Å². The van der Waals surface area contributed by atoms with Gasteiger partial charge < -0.3 is 10.1 Å². The molecule has 0 unspecified atom stereocenters. The fourth-order valence-electron chi connectivity index (χ4n) is 2.02. The summed E-state index contributed by atoms with van der Waals surface area (Å²) in [5, 5.41) is 2.90. The first-order chi connectivity index (χ1) is 8.03. The molecule has 17 heavy (non-hydrogen) atoms. The van der Waals surface area contributed by atoms with Crippen LogP contribution in [-0.2, 0) is 22.4 Å². The third-order valence-electron chi connectivity index (χ3n) is 3.41. The Hall–Kier alpha value is -1.35. The van der Waals surface area contributed by atoms with Crippen molar-refractivity contribution in [3.8, 4) is 0 Å². The number of amides is 1. The second kappa shape index (κ2) is 4.49. The molecular weight excluding hydrogens is 214 g/mol. The molecular formula is C14H19NO2. The number of methoxy groups -OCH3 is 1. The Morgan fingerprint density at radius 1 is 1.29 bits per heavy atom. The highest BCUT2D eigenvalue weighted by atomic mass is 16.5. The molecule has 1 aromatic carbocycles. The minimum atomic E-state index is -0.793. The maximum absolute atomic E-state index is 11.9. The lowest BCUT2D eigenvalue weighted by Crippen LogP contribution is -2.38.